The van der Waals surface area contributed by atoms with Gasteiger partial charge in [-0.1, -0.05) is 33.1 Å². The summed E-state index contributed by atoms with van der Waals surface area (Å²) in [4.78, 5) is 0. The molecule has 0 aromatic heterocycles. The highest BCUT2D eigenvalue weighted by atomic mass is 16.3. The molecule has 0 aliphatic heterocycles. The molecule has 0 aromatic rings. The lowest BCUT2D eigenvalue weighted by Gasteiger charge is -2.43. The summed E-state index contributed by atoms with van der Waals surface area (Å²) in [6.07, 6.45) is 6.40. The van der Waals surface area contributed by atoms with Crippen molar-refractivity contribution >= 4 is 0 Å². The van der Waals surface area contributed by atoms with Crippen LogP contribution in [0, 0.1) is 5.92 Å². The molecule has 2 heteroatoms. The van der Waals surface area contributed by atoms with Crippen LogP contribution in [0.4, 0.5) is 0 Å². The highest BCUT2D eigenvalue weighted by molar-refractivity contribution is 4.96. The highest BCUT2D eigenvalue weighted by Gasteiger charge is 2.41. The summed E-state index contributed by atoms with van der Waals surface area (Å²) in [5.74, 6) is 0.427. The largest absolute Gasteiger partial charge is 0.388 e. The summed E-state index contributed by atoms with van der Waals surface area (Å²) >= 11 is 0. The first kappa shape index (κ1) is 11.0. The van der Waals surface area contributed by atoms with Gasteiger partial charge in [0.2, 0.25) is 0 Å². The zero-order valence-corrected chi connectivity index (χ0v) is 8.92. The molecular weight excluding hydrogens is 162 g/mol. The topological polar surface area (TPSA) is 46.2 Å². The van der Waals surface area contributed by atoms with Crippen molar-refractivity contribution in [3.05, 3.63) is 0 Å². The fourth-order valence-electron chi connectivity index (χ4n) is 2.65. The van der Waals surface area contributed by atoms with Crippen molar-refractivity contribution in [2.24, 2.45) is 11.7 Å². The predicted molar refractivity (Wildman–Crippen MR) is 55.5 cm³/mol. The van der Waals surface area contributed by atoms with Gasteiger partial charge in [0.05, 0.1) is 5.60 Å². The molecule has 1 fully saturated rings. The number of rotatable bonds is 3. The van der Waals surface area contributed by atoms with Crippen LogP contribution in [0.15, 0.2) is 0 Å². The second-order valence-electron chi connectivity index (χ2n) is 4.36. The summed E-state index contributed by atoms with van der Waals surface area (Å²) in [5, 5.41) is 10.5. The lowest BCUT2D eigenvalue weighted by Crippen LogP contribution is -2.54. The first-order valence-corrected chi connectivity index (χ1v) is 5.63. The molecular formula is C11H23NO. The van der Waals surface area contributed by atoms with Crippen molar-refractivity contribution in [3.8, 4) is 0 Å². The second-order valence-corrected chi connectivity index (χ2v) is 4.36. The Morgan fingerprint density at radius 1 is 1.46 bits per heavy atom. The average molecular weight is 185 g/mol. The smallest absolute Gasteiger partial charge is 0.0825 e. The quantitative estimate of drug-likeness (QED) is 0.707. The van der Waals surface area contributed by atoms with E-state index >= 15 is 0 Å². The molecule has 0 spiro atoms. The summed E-state index contributed by atoms with van der Waals surface area (Å²) in [6.45, 7) is 4.22. The molecule has 0 aromatic carbocycles. The minimum atomic E-state index is -0.568. The standard InChI is InChI=1S/C11H23NO/c1-3-9-7-5-6-8-11(9,13)10(12)4-2/h9-10,13H,3-8,12H2,1-2H3. The van der Waals surface area contributed by atoms with Gasteiger partial charge in [-0.2, -0.15) is 0 Å². The van der Waals surface area contributed by atoms with E-state index in [2.05, 4.69) is 13.8 Å². The molecule has 3 unspecified atom stereocenters. The monoisotopic (exact) mass is 185 g/mol. The number of hydrogen-bond donors (Lipinski definition) is 2. The van der Waals surface area contributed by atoms with Gasteiger partial charge in [0.1, 0.15) is 0 Å². The van der Waals surface area contributed by atoms with Crippen molar-refractivity contribution in [2.45, 2.75) is 64.0 Å². The van der Waals surface area contributed by atoms with Crippen molar-refractivity contribution in [2.75, 3.05) is 0 Å². The van der Waals surface area contributed by atoms with Gasteiger partial charge in [0.15, 0.2) is 0 Å². The summed E-state index contributed by atoms with van der Waals surface area (Å²) < 4.78 is 0. The maximum absolute atomic E-state index is 10.5. The Hall–Kier alpha value is -0.0800. The van der Waals surface area contributed by atoms with E-state index in [-0.39, 0.29) is 6.04 Å². The minimum absolute atomic E-state index is 0.0299. The minimum Gasteiger partial charge on any atom is -0.388 e. The van der Waals surface area contributed by atoms with Crippen LogP contribution in [0.2, 0.25) is 0 Å². The molecule has 0 heterocycles. The zero-order chi connectivity index (χ0) is 9.90. The lowest BCUT2D eigenvalue weighted by atomic mass is 9.70. The van der Waals surface area contributed by atoms with Gasteiger partial charge in [-0.25, -0.2) is 0 Å². The Kier molecular flexibility index (Phi) is 3.74. The van der Waals surface area contributed by atoms with E-state index < -0.39 is 5.60 Å². The van der Waals surface area contributed by atoms with Crippen LogP contribution >= 0.6 is 0 Å². The Labute approximate surface area is 81.5 Å². The summed E-state index contributed by atoms with van der Waals surface area (Å²) in [5.41, 5.74) is 5.43. The Morgan fingerprint density at radius 2 is 2.15 bits per heavy atom. The van der Waals surface area contributed by atoms with Crippen molar-refractivity contribution in [1.29, 1.82) is 0 Å². The van der Waals surface area contributed by atoms with Gasteiger partial charge in [0.25, 0.3) is 0 Å². The van der Waals surface area contributed by atoms with E-state index in [4.69, 9.17) is 5.73 Å². The van der Waals surface area contributed by atoms with Crippen LogP contribution in [0.1, 0.15) is 52.4 Å². The third-order valence-electron chi connectivity index (χ3n) is 3.66. The third kappa shape index (κ3) is 2.05. The van der Waals surface area contributed by atoms with E-state index in [1.165, 1.54) is 6.42 Å². The average Bonchev–Trinajstić information content (AvgIpc) is 2.17. The molecule has 3 N–H and O–H groups in total. The number of nitrogens with two attached hydrogens (primary N) is 1. The van der Waals surface area contributed by atoms with E-state index in [9.17, 15) is 5.11 Å². The fourth-order valence-corrected chi connectivity index (χ4v) is 2.65. The molecule has 1 aliphatic carbocycles. The predicted octanol–water partition coefficient (Wildman–Crippen LogP) is 2.05. The summed E-state index contributed by atoms with van der Waals surface area (Å²) in [7, 11) is 0. The fraction of sp³-hybridized carbons (Fsp3) is 1.00. The molecule has 0 radical (unpaired) electrons. The molecule has 0 amide bonds. The van der Waals surface area contributed by atoms with Gasteiger partial charge >= 0.3 is 0 Å². The zero-order valence-electron chi connectivity index (χ0n) is 8.92. The van der Waals surface area contributed by atoms with Gasteiger partial charge in [-0.15, -0.1) is 0 Å². The van der Waals surface area contributed by atoms with E-state index in [0.717, 1.165) is 32.1 Å². The first-order valence-electron chi connectivity index (χ1n) is 5.63. The molecule has 3 atom stereocenters. The van der Waals surface area contributed by atoms with Gasteiger partial charge < -0.3 is 10.8 Å². The van der Waals surface area contributed by atoms with E-state index in [1.54, 1.807) is 0 Å². The van der Waals surface area contributed by atoms with Crippen molar-refractivity contribution in [1.82, 2.24) is 0 Å². The van der Waals surface area contributed by atoms with Crippen LogP contribution in [-0.4, -0.2) is 16.7 Å². The number of aliphatic hydroxyl groups is 1. The normalized spacial score (nSPS) is 37.4. The van der Waals surface area contributed by atoms with Gasteiger partial charge in [0, 0.05) is 6.04 Å². The van der Waals surface area contributed by atoms with Crippen LogP contribution in [0.25, 0.3) is 0 Å². The molecule has 1 saturated carbocycles. The Balaban J connectivity index is 2.70. The van der Waals surface area contributed by atoms with Crippen LogP contribution in [-0.2, 0) is 0 Å². The van der Waals surface area contributed by atoms with Crippen LogP contribution in [0.3, 0.4) is 0 Å². The molecule has 0 saturated heterocycles. The van der Waals surface area contributed by atoms with E-state index in [0.29, 0.717) is 5.92 Å². The van der Waals surface area contributed by atoms with Crippen molar-refractivity contribution in [3.63, 3.8) is 0 Å². The van der Waals surface area contributed by atoms with Gasteiger partial charge in [-0.05, 0) is 25.2 Å². The highest BCUT2D eigenvalue weighted by Crippen LogP contribution is 2.38. The molecule has 13 heavy (non-hydrogen) atoms. The Bertz CT molecular complexity index is 160. The lowest BCUT2D eigenvalue weighted by molar-refractivity contribution is -0.0703. The molecule has 1 aliphatic rings. The Morgan fingerprint density at radius 3 is 2.69 bits per heavy atom. The van der Waals surface area contributed by atoms with Crippen molar-refractivity contribution < 1.29 is 5.11 Å². The van der Waals surface area contributed by atoms with Gasteiger partial charge in [-0.3, -0.25) is 0 Å². The molecule has 1 rings (SSSR count). The number of hydrogen-bond acceptors (Lipinski definition) is 2. The third-order valence-corrected chi connectivity index (χ3v) is 3.66. The van der Waals surface area contributed by atoms with E-state index in [1.807, 2.05) is 0 Å². The maximum atomic E-state index is 10.5. The second kappa shape index (κ2) is 4.43. The molecule has 2 nitrogen and oxygen atoms in total. The maximum Gasteiger partial charge on any atom is 0.0825 e. The molecule has 0 bridgehead atoms. The van der Waals surface area contributed by atoms with Crippen LogP contribution in [0.5, 0.6) is 0 Å². The summed E-state index contributed by atoms with van der Waals surface area (Å²) in [6, 6.07) is -0.0299. The van der Waals surface area contributed by atoms with Crippen LogP contribution < -0.4 is 5.73 Å². The SMILES string of the molecule is CCC(N)C1(O)CCCCC1CC. The first-order chi connectivity index (χ1) is 6.15. The molecule has 78 valence electrons.